The number of carbonyl (C=O) groups excluding carboxylic acids is 1. The number of benzene rings is 1. The van der Waals surface area contributed by atoms with Gasteiger partial charge in [0.05, 0.1) is 6.04 Å². The van der Waals surface area contributed by atoms with Gasteiger partial charge in [-0.25, -0.2) is 0 Å². The van der Waals surface area contributed by atoms with Gasteiger partial charge in [0, 0.05) is 24.1 Å². The molecule has 2 rings (SSSR count). The Morgan fingerprint density at radius 3 is 2.55 bits per heavy atom. The second kappa shape index (κ2) is 7.79. The van der Waals surface area contributed by atoms with Gasteiger partial charge in [0.2, 0.25) is 5.91 Å². The summed E-state index contributed by atoms with van der Waals surface area (Å²) in [6, 6.07) is 7.99. The second-order valence-corrected chi connectivity index (χ2v) is 6.29. The third-order valence-electron chi connectivity index (χ3n) is 3.84. The van der Waals surface area contributed by atoms with Gasteiger partial charge in [-0.1, -0.05) is 47.0 Å². The molecule has 1 unspecified atom stereocenters. The first-order chi connectivity index (χ1) is 9.68. The summed E-state index contributed by atoms with van der Waals surface area (Å²) in [6.45, 7) is 4.51. The lowest BCUT2D eigenvalue weighted by Crippen LogP contribution is -2.45. The molecule has 1 saturated heterocycles. The van der Waals surface area contributed by atoms with E-state index in [-0.39, 0.29) is 11.9 Å². The van der Waals surface area contributed by atoms with Crippen LogP contribution in [0.2, 0.25) is 0 Å². The molecule has 20 heavy (non-hydrogen) atoms. The minimum absolute atomic E-state index is 0.125. The van der Waals surface area contributed by atoms with Gasteiger partial charge in [0.15, 0.2) is 0 Å². The minimum Gasteiger partial charge on any atom is -0.341 e. The standard InChI is InChI=1S/C16H23BrN2O/c1-13(16(20)19-10-6-2-3-7-11-19)18-12-14-8-4-5-9-15(14)17/h4-5,8-9,13,18H,2-3,6-7,10-12H2,1H3. The summed E-state index contributed by atoms with van der Waals surface area (Å²) in [5, 5.41) is 3.34. The maximum absolute atomic E-state index is 12.4. The van der Waals surface area contributed by atoms with E-state index in [1.807, 2.05) is 30.0 Å². The van der Waals surface area contributed by atoms with Crippen LogP contribution in [0.25, 0.3) is 0 Å². The second-order valence-electron chi connectivity index (χ2n) is 5.43. The lowest BCUT2D eigenvalue weighted by Gasteiger charge is -2.24. The predicted molar refractivity (Wildman–Crippen MR) is 85.5 cm³/mol. The largest absolute Gasteiger partial charge is 0.341 e. The molecule has 0 radical (unpaired) electrons. The van der Waals surface area contributed by atoms with Crippen molar-refractivity contribution in [3.05, 3.63) is 34.3 Å². The van der Waals surface area contributed by atoms with Crippen LogP contribution in [0.4, 0.5) is 0 Å². The highest BCUT2D eigenvalue weighted by Crippen LogP contribution is 2.16. The van der Waals surface area contributed by atoms with E-state index in [1.54, 1.807) is 0 Å². The Bertz CT molecular complexity index is 442. The van der Waals surface area contributed by atoms with E-state index in [9.17, 15) is 4.79 Å². The maximum atomic E-state index is 12.4. The molecule has 0 aromatic heterocycles. The monoisotopic (exact) mass is 338 g/mol. The van der Waals surface area contributed by atoms with Gasteiger partial charge in [-0.3, -0.25) is 4.79 Å². The van der Waals surface area contributed by atoms with Crippen molar-refractivity contribution in [3.8, 4) is 0 Å². The molecule has 0 saturated carbocycles. The van der Waals surface area contributed by atoms with Crippen LogP contribution < -0.4 is 5.32 Å². The van der Waals surface area contributed by atoms with Gasteiger partial charge in [0.25, 0.3) is 0 Å². The van der Waals surface area contributed by atoms with Crippen molar-refractivity contribution in [1.29, 1.82) is 0 Å². The molecule has 1 heterocycles. The van der Waals surface area contributed by atoms with Gasteiger partial charge >= 0.3 is 0 Å². The van der Waals surface area contributed by atoms with Gasteiger partial charge in [-0.15, -0.1) is 0 Å². The van der Waals surface area contributed by atoms with E-state index < -0.39 is 0 Å². The van der Waals surface area contributed by atoms with E-state index in [2.05, 4.69) is 27.3 Å². The molecular weight excluding hydrogens is 316 g/mol. The van der Waals surface area contributed by atoms with Crippen molar-refractivity contribution in [1.82, 2.24) is 10.2 Å². The SMILES string of the molecule is CC(NCc1ccccc1Br)C(=O)N1CCCCCC1. The summed E-state index contributed by atoms with van der Waals surface area (Å²) >= 11 is 3.54. The van der Waals surface area contributed by atoms with Crippen LogP contribution in [-0.2, 0) is 11.3 Å². The van der Waals surface area contributed by atoms with Crippen molar-refractivity contribution in [2.24, 2.45) is 0 Å². The van der Waals surface area contributed by atoms with Gasteiger partial charge in [-0.05, 0) is 31.4 Å². The van der Waals surface area contributed by atoms with Gasteiger partial charge < -0.3 is 10.2 Å². The predicted octanol–water partition coefficient (Wildman–Crippen LogP) is 3.33. The molecule has 1 aromatic rings. The van der Waals surface area contributed by atoms with Crippen LogP contribution >= 0.6 is 15.9 Å². The molecule has 1 aliphatic rings. The average Bonchev–Trinajstić information content (AvgIpc) is 2.74. The van der Waals surface area contributed by atoms with Crippen LogP contribution in [0.3, 0.4) is 0 Å². The molecule has 0 aliphatic carbocycles. The highest BCUT2D eigenvalue weighted by Gasteiger charge is 2.20. The van der Waals surface area contributed by atoms with E-state index in [4.69, 9.17) is 0 Å². The van der Waals surface area contributed by atoms with Crippen molar-refractivity contribution in [3.63, 3.8) is 0 Å². The Morgan fingerprint density at radius 2 is 1.90 bits per heavy atom. The smallest absolute Gasteiger partial charge is 0.239 e. The Labute approximate surface area is 129 Å². The Balaban J connectivity index is 1.86. The maximum Gasteiger partial charge on any atom is 0.239 e. The zero-order valence-corrected chi connectivity index (χ0v) is 13.7. The lowest BCUT2D eigenvalue weighted by atomic mass is 10.2. The van der Waals surface area contributed by atoms with Crippen LogP contribution in [0.5, 0.6) is 0 Å². The number of hydrogen-bond donors (Lipinski definition) is 1. The highest BCUT2D eigenvalue weighted by molar-refractivity contribution is 9.10. The number of hydrogen-bond acceptors (Lipinski definition) is 2. The summed E-state index contributed by atoms with van der Waals surface area (Å²) in [7, 11) is 0. The number of rotatable bonds is 4. The summed E-state index contributed by atoms with van der Waals surface area (Å²) in [6.07, 6.45) is 4.79. The summed E-state index contributed by atoms with van der Waals surface area (Å²) in [5.41, 5.74) is 1.18. The van der Waals surface area contributed by atoms with E-state index in [0.29, 0.717) is 6.54 Å². The number of nitrogens with one attached hydrogen (secondary N) is 1. The lowest BCUT2D eigenvalue weighted by molar-refractivity contribution is -0.133. The van der Waals surface area contributed by atoms with Crippen molar-refractivity contribution in [2.75, 3.05) is 13.1 Å². The third-order valence-corrected chi connectivity index (χ3v) is 4.62. The summed E-state index contributed by atoms with van der Waals surface area (Å²) in [4.78, 5) is 14.4. The molecule has 1 aromatic carbocycles. The number of amides is 1. The average molecular weight is 339 g/mol. The Morgan fingerprint density at radius 1 is 1.25 bits per heavy atom. The molecule has 1 amide bonds. The van der Waals surface area contributed by atoms with Crippen molar-refractivity contribution in [2.45, 2.75) is 45.2 Å². The van der Waals surface area contributed by atoms with Crippen molar-refractivity contribution >= 4 is 21.8 Å². The molecular formula is C16H23BrN2O. The quantitative estimate of drug-likeness (QED) is 0.913. The molecule has 0 spiro atoms. The molecule has 1 fully saturated rings. The topological polar surface area (TPSA) is 32.3 Å². The van der Waals surface area contributed by atoms with Gasteiger partial charge in [0.1, 0.15) is 0 Å². The van der Waals surface area contributed by atoms with Crippen molar-refractivity contribution < 1.29 is 4.79 Å². The number of likely N-dealkylation sites (tertiary alicyclic amines) is 1. The van der Waals surface area contributed by atoms with Gasteiger partial charge in [-0.2, -0.15) is 0 Å². The third kappa shape index (κ3) is 4.32. The fraction of sp³-hybridized carbons (Fsp3) is 0.562. The van der Waals surface area contributed by atoms with E-state index in [1.165, 1.54) is 18.4 Å². The van der Waals surface area contributed by atoms with Crippen LogP contribution in [0, 0.1) is 0 Å². The van der Waals surface area contributed by atoms with Crippen LogP contribution in [-0.4, -0.2) is 29.9 Å². The molecule has 1 N–H and O–H groups in total. The molecule has 4 heteroatoms. The number of halogens is 1. The fourth-order valence-electron chi connectivity index (χ4n) is 2.56. The Hall–Kier alpha value is -0.870. The highest BCUT2D eigenvalue weighted by atomic mass is 79.9. The zero-order chi connectivity index (χ0) is 14.4. The minimum atomic E-state index is -0.125. The summed E-state index contributed by atoms with van der Waals surface area (Å²) in [5.74, 6) is 0.235. The Kier molecular flexibility index (Phi) is 6.05. The number of carbonyl (C=O) groups is 1. The van der Waals surface area contributed by atoms with E-state index in [0.717, 1.165) is 30.4 Å². The fourth-order valence-corrected chi connectivity index (χ4v) is 2.98. The van der Waals surface area contributed by atoms with E-state index >= 15 is 0 Å². The molecule has 1 aliphatic heterocycles. The first-order valence-electron chi connectivity index (χ1n) is 7.44. The molecule has 1 atom stereocenters. The molecule has 3 nitrogen and oxygen atoms in total. The first kappa shape index (κ1) is 15.5. The number of nitrogens with zero attached hydrogens (tertiary/aromatic N) is 1. The molecule has 110 valence electrons. The first-order valence-corrected chi connectivity index (χ1v) is 8.23. The van der Waals surface area contributed by atoms with Crippen LogP contribution in [0.15, 0.2) is 28.7 Å². The molecule has 0 bridgehead atoms. The normalized spacial score (nSPS) is 17.6. The summed E-state index contributed by atoms with van der Waals surface area (Å²) < 4.78 is 1.09. The van der Waals surface area contributed by atoms with Crippen LogP contribution in [0.1, 0.15) is 38.2 Å². The zero-order valence-electron chi connectivity index (χ0n) is 12.1.